The summed E-state index contributed by atoms with van der Waals surface area (Å²) in [6.45, 7) is 6.76. The summed E-state index contributed by atoms with van der Waals surface area (Å²) in [4.78, 5) is 39.7. The molecule has 0 bridgehead atoms. The number of esters is 1. The summed E-state index contributed by atoms with van der Waals surface area (Å²) in [6.07, 6.45) is 0.727. The van der Waals surface area contributed by atoms with Gasteiger partial charge in [0.05, 0.1) is 23.9 Å². The van der Waals surface area contributed by atoms with Crippen LogP contribution in [0.2, 0.25) is 0 Å². The molecule has 8 heteroatoms. The first-order valence-corrected chi connectivity index (χ1v) is 11.2. The zero-order valence-corrected chi connectivity index (χ0v) is 19.2. The maximum atomic E-state index is 13.2. The third-order valence-electron chi connectivity index (χ3n) is 5.16. The Kier molecular flexibility index (Phi) is 8.07. The van der Waals surface area contributed by atoms with Gasteiger partial charge in [-0.3, -0.25) is 4.90 Å². The lowest BCUT2D eigenvalue weighted by Gasteiger charge is -2.36. The monoisotopic (exact) mass is 450 g/mol. The molecule has 2 aromatic carbocycles. The van der Waals surface area contributed by atoms with E-state index in [9.17, 15) is 14.4 Å². The number of anilines is 1. The van der Waals surface area contributed by atoms with Crippen molar-refractivity contribution in [3.63, 3.8) is 0 Å². The molecule has 0 saturated heterocycles. The average Bonchev–Trinajstić information content (AvgIpc) is 2.81. The first-order chi connectivity index (χ1) is 16.0. The Bertz CT molecular complexity index is 1020. The topological polar surface area (TPSA) is 99.8 Å². The summed E-state index contributed by atoms with van der Waals surface area (Å²) in [6, 6.07) is 15.2. The first kappa shape index (κ1) is 23.8. The lowest BCUT2D eigenvalue weighted by atomic mass is 9.91. The molecule has 0 unspecified atom stereocenters. The number of rotatable bonds is 8. The largest absolute Gasteiger partial charge is 0.463 e. The molecule has 1 aliphatic heterocycles. The zero-order valence-electron chi connectivity index (χ0n) is 19.2. The van der Waals surface area contributed by atoms with Crippen LogP contribution in [-0.2, 0) is 9.53 Å². The van der Waals surface area contributed by atoms with Gasteiger partial charge in [0.2, 0.25) is 0 Å². The highest BCUT2D eigenvalue weighted by atomic mass is 16.5. The van der Waals surface area contributed by atoms with Crippen LogP contribution in [0.15, 0.2) is 60.2 Å². The molecular formula is C25H30N4O4. The van der Waals surface area contributed by atoms with Gasteiger partial charge >= 0.3 is 18.0 Å². The summed E-state index contributed by atoms with van der Waals surface area (Å²) >= 11 is 0. The fraction of sp³-hybridized carbons (Fsp3) is 0.320. The van der Waals surface area contributed by atoms with E-state index >= 15 is 0 Å². The van der Waals surface area contributed by atoms with Gasteiger partial charge in [-0.1, -0.05) is 49.4 Å². The maximum absolute atomic E-state index is 13.2. The highest BCUT2D eigenvalue weighted by molar-refractivity contribution is 6.04. The van der Waals surface area contributed by atoms with Crippen LogP contribution >= 0.6 is 0 Å². The lowest BCUT2D eigenvalue weighted by Crippen LogP contribution is -2.48. The number of ether oxygens (including phenoxy) is 1. The molecular weight excluding hydrogens is 420 g/mol. The Balaban J connectivity index is 2.09. The average molecular weight is 451 g/mol. The van der Waals surface area contributed by atoms with Crippen molar-refractivity contribution in [3.8, 4) is 0 Å². The molecule has 0 radical (unpaired) electrons. The van der Waals surface area contributed by atoms with E-state index in [2.05, 4.69) is 16.0 Å². The fourth-order valence-electron chi connectivity index (χ4n) is 3.77. The molecule has 174 valence electrons. The van der Waals surface area contributed by atoms with Gasteiger partial charge in [0.1, 0.15) is 0 Å². The molecule has 0 aliphatic carbocycles. The van der Waals surface area contributed by atoms with E-state index in [4.69, 9.17) is 4.74 Å². The highest BCUT2D eigenvalue weighted by Crippen LogP contribution is 2.37. The number of hydrogen-bond acceptors (Lipinski definition) is 4. The number of carbonyl (C=O) groups is 3. The van der Waals surface area contributed by atoms with Crippen molar-refractivity contribution in [3.05, 3.63) is 71.3 Å². The van der Waals surface area contributed by atoms with Crippen molar-refractivity contribution in [2.45, 2.75) is 33.2 Å². The fourth-order valence-corrected chi connectivity index (χ4v) is 3.77. The molecule has 0 aromatic heterocycles. The van der Waals surface area contributed by atoms with Gasteiger partial charge in [-0.05, 0) is 43.5 Å². The second-order valence-corrected chi connectivity index (χ2v) is 7.49. The van der Waals surface area contributed by atoms with Gasteiger partial charge in [0.15, 0.2) is 0 Å². The van der Waals surface area contributed by atoms with E-state index in [1.165, 1.54) is 0 Å². The number of carbonyl (C=O) groups excluding carboxylic acids is 3. The number of hydrogen-bond donors (Lipinski definition) is 3. The number of nitrogens with zero attached hydrogens (tertiary/aromatic N) is 1. The van der Waals surface area contributed by atoms with E-state index in [0.29, 0.717) is 35.6 Å². The second-order valence-electron chi connectivity index (χ2n) is 7.49. The van der Waals surface area contributed by atoms with Crippen LogP contribution in [0.25, 0.3) is 5.70 Å². The quantitative estimate of drug-likeness (QED) is 0.523. The minimum atomic E-state index is -0.696. The van der Waals surface area contributed by atoms with Gasteiger partial charge < -0.3 is 20.7 Å². The van der Waals surface area contributed by atoms with E-state index in [0.717, 1.165) is 12.0 Å². The minimum Gasteiger partial charge on any atom is -0.463 e. The van der Waals surface area contributed by atoms with Crippen molar-refractivity contribution in [2.24, 2.45) is 0 Å². The van der Waals surface area contributed by atoms with Crippen LogP contribution in [0.5, 0.6) is 0 Å². The van der Waals surface area contributed by atoms with Crippen molar-refractivity contribution in [1.29, 1.82) is 0 Å². The van der Waals surface area contributed by atoms with Crippen molar-refractivity contribution >= 4 is 29.4 Å². The standard InChI is InChI=1S/C25H30N4O4/c1-4-16-29-22(18-10-8-7-9-11-18)20(23(30)33-6-3)21(28-25(29)32)17-12-14-19(15-13-17)27-24(31)26-5-2/h7-15,21H,4-6,16H2,1-3H3,(H,28,32)(H2,26,27,31)/t21-/m1/s1. The molecule has 2 aromatic rings. The summed E-state index contributed by atoms with van der Waals surface area (Å²) in [5, 5.41) is 8.38. The first-order valence-electron chi connectivity index (χ1n) is 11.2. The highest BCUT2D eigenvalue weighted by Gasteiger charge is 2.38. The van der Waals surface area contributed by atoms with Crippen LogP contribution in [0.3, 0.4) is 0 Å². The summed E-state index contributed by atoms with van der Waals surface area (Å²) < 4.78 is 5.41. The SMILES string of the molecule is CCCN1C(=O)N[C@H](c2ccc(NC(=O)NCC)cc2)C(C(=O)OCC)=C1c1ccccc1. The summed E-state index contributed by atoms with van der Waals surface area (Å²) in [5.41, 5.74) is 3.00. The molecule has 1 atom stereocenters. The lowest BCUT2D eigenvalue weighted by molar-refractivity contribution is -0.138. The normalized spacial score (nSPS) is 15.7. The molecule has 8 nitrogen and oxygen atoms in total. The Morgan fingerprint density at radius 1 is 1.03 bits per heavy atom. The Hall–Kier alpha value is -3.81. The van der Waals surface area contributed by atoms with E-state index in [1.54, 1.807) is 36.1 Å². The molecule has 0 spiro atoms. The van der Waals surface area contributed by atoms with E-state index in [1.807, 2.05) is 44.2 Å². The Morgan fingerprint density at radius 2 is 1.73 bits per heavy atom. The van der Waals surface area contributed by atoms with Crippen molar-refractivity contribution < 1.29 is 19.1 Å². The number of nitrogens with one attached hydrogen (secondary N) is 3. The Morgan fingerprint density at radius 3 is 2.33 bits per heavy atom. The van der Waals surface area contributed by atoms with Gasteiger partial charge in [0.25, 0.3) is 0 Å². The number of urea groups is 2. The molecule has 4 amide bonds. The van der Waals surface area contributed by atoms with Crippen LogP contribution in [-0.4, -0.2) is 42.6 Å². The van der Waals surface area contributed by atoms with Gasteiger partial charge in [-0.25, -0.2) is 14.4 Å². The zero-order chi connectivity index (χ0) is 23.8. The maximum Gasteiger partial charge on any atom is 0.338 e. The van der Waals surface area contributed by atoms with E-state index < -0.39 is 12.0 Å². The van der Waals surface area contributed by atoms with Crippen molar-refractivity contribution in [2.75, 3.05) is 25.0 Å². The summed E-state index contributed by atoms with van der Waals surface area (Å²) in [7, 11) is 0. The van der Waals surface area contributed by atoms with E-state index in [-0.39, 0.29) is 18.7 Å². The third-order valence-corrected chi connectivity index (χ3v) is 5.16. The molecule has 1 heterocycles. The molecule has 0 saturated carbocycles. The molecule has 1 aliphatic rings. The van der Waals surface area contributed by atoms with Crippen LogP contribution in [0, 0.1) is 0 Å². The van der Waals surface area contributed by atoms with Gasteiger partial charge in [-0.15, -0.1) is 0 Å². The van der Waals surface area contributed by atoms with Crippen molar-refractivity contribution in [1.82, 2.24) is 15.5 Å². The number of amides is 4. The third kappa shape index (κ3) is 5.52. The van der Waals surface area contributed by atoms with Gasteiger partial charge in [-0.2, -0.15) is 0 Å². The molecule has 3 N–H and O–H groups in total. The molecule has 33 heavy (non-hydrogen) atoms. The van der Waals surface area contributed by atoms with Gasteiger partial charge in [0, 0.05) is 18.8 Å². The number of benzene rings is 2. The van der Waals surface area contributed by atoms with Crippen LogP contribution in [0.1, 0.15) is 44.4 Å². The minimum absolute atomic E-state index is 0.217. The van der Waals surface area contributed by atoms with Crippen LogP contribution < -0.4 is 16.0 Å². The molecule has 3 rings (SSSR count). The predicted octanol–water partition coefficient (Wildman–Crippen LogP) is 4.28. The Labute approximate surface area is 194 Å². The smallest absolute Gasteiger partial charge is 0.338 e. The second kappa shape index (κ2) is 11.2. The van der Waals surface area contributed by atoms with Crippen LogP contribution in [0.4, 0.5) is 15.3 Å². The predicted molar refractivity (Wildman–Crippen MR) is 127 cm³/mol. The summed E-state index contributed by atoms with van der Waals surface area (Å²) in [5.74, 6) is -0.480. The molecule has 0 fully saturated rings.